The van der Waals surface area contributed by atoms with Gasteiger partial charge in [-0.2, -0.15) is 13.2 Å². The Labute approximate surface area is 191 Å². The van der Waals surface area contributed by atoms with Gasteiger partial charge in [0.15, 0.2) is 18.1 Å². The number of ether oxygens (including phenoxy) is 2. The summed E-state index contributed by atoms with van der Waals surface area (Å²) in [5.74, 6) is -0.319. The number of amides is 2. The third kappa shape index (κ3) is 6.61. The van der Waals surface area contributed by atoms with Crippen molar-refractivity contribution in [2.75, 3.05) is 24.4 Å². The molecule has 0 spiro atoms. The maximum absolute atomic E-state index is 12.9. The van der Waals surface area contributed by atoms with E-state index in [2.05, 4.69) is 10.6 Å². The van der Waals surface area contributed by atoms with Gasteiger partial charge < -0.3 is 24.7 Å². The first-order chi connectivity index (χ1) is 16.2. The van der Waals surface area contributed by atoms with Crippen LogP contribution in [0.3, 0.4) is 0 Å². The van der Waals surface area contributed by atoms with Gasteiger partial charge in [0.05, 0.1) is 12.7 Å². The van der Waals surface area contributed by atoms with Crippen molar-refractivity contribution in [3.8, 4) is 11.5 Å². The van der Waals surface area contributed by atoms with Crippen LogP contribution in [0.4, 0.5) is 24.5 Å². The average molecular weight is 475 g/mol. The molecular weight excluding hydrogens is 455 g/mol. The highest BCUT2D eigenvalue weighted by molar-refractivity contribution is 5.94. The highest BCUT2D eigenvalue weighted by Gasteiger charge is 2.31. The summed E-state index contributed by atoms with van der Waals surface area (Å²) in [6.07, 6.45) is -4.06. The standard InChI is InChI=1S/C23H20F3N3O5/c1-33-18-7-2-3-8-19(18)34-14-21(31)28-17-6-4-5-16(11-17)27-20(30)13-29-12-15(23(24,25)26)9-10-22(29)32/h2-12H,13-14H2,1H3,(H,27,30)(H,28,31). The van der Waals surface area contributed by atoms with Gasteiger partial charge in [0.1, 0.15) is 6.54 Å². The summed E-state index contributed by atoms with van der Waals surface area (Å²) in [5, 5.41) is 5.09. The lowest BCUT2D eigenvalue weighted by molar-refractivity contribution is -0.138. The number of hydrogen-bond acceptors (Lipinski definition) is 5. The first kappa shape index (κ1) is 24.4. The van der Waals surface area contributed by atoms with Gasteiger partial charge in [0.25, 0.3) is 11.5 Å². The normalized spacial score (nSPS) is 10.9. The van der Waals surface area contributed by atoms with Crippen molar-refractivity contribution in [1.82, 2.24) is 4.57 Å². The summed E-state index contributed by atoms with van der Waals surface area (Å²) in [4.78, 5) is 36.3. The van der Waals surface area contributed by atoms with Crippen molar-refractivity contribution in [2.24, 2.45) is 0 Å². The second kappa shape index (κ2) is 10.6. The van der Waals surface area contributed by atoms with E-state index in [0.29, 0.717) is 34.0 Å². The zero-order valence-corrected chi connectivity index (χ0v) is 17.9. The van der Waals surface area contributed by atoms with Crippen molar-refractivity contribution in [3.63, 3.8) is 0 Å². The van der Waals surface area contributed by atoms with Crippen LogP contribution in [0, 0.1) is 0 Å². The molecule has 0 saturated carbocycles. The zero-order valence-electron chi connectivity index (χ0n) is 17.9. The van der Waals surface area contributed by atoms with Gasteiger partial charge in [-0.3, -0.25) is 14.4 Å². The van der Waals surface area contributed by atoms with Gasteiger partial charge in [-0.25, -0.2) is 0 Å². The number of anilines is 2. The van der Waals surface area contributed by atoms with Gasteiger partial charge in [0.2, 0.25) is 5.91 Å². The molecule has 11 heteroatoms. The number of carbonyl (C=O) groups excluding carboxylic acids is 2. The molecule has 0 fully saturated rings. The number of rotatable bonds is 8. The summed E-state index contributed by atoms with van der Waals surface area (Å²) in [5.41, 5.74) is -1.17. The molecule has 0 saturated heterocycles. The number of pyridine rings is 1. The molecule has 0 atom stereocenters. The van der Waals surface area contributed by atoms with Crippen molar-refractivity contribution < 1.29 is 32.2 Å². The van der Waals surface area contributed by atoms with Crippen molar-refractivity contribution in [2.45, 2.75) is 12.7 Å². The molecule has 1 heterocycles. The zero-order chi connectivity index (χ0) is 24.7. The van der Waals surface area contributed by atoms with Gasteiger partial charge >= 0.3 is 6.18 Å². The molecule has 0 bridgehead atoms. The number of halogens is 3. The van der Waals surface area contributed by atoms with Crippen LogP contribution >= 0.6 is 0 Å². The molecule has 0 aliphatic carbocycles. The number of aromatic nitrogens is 1. The Bertz CT molecular complexity index is 1240. The summed E-state index contributed by atoms with van der Waals surface area (Å²) < 4.78 is 49.8. The van der Waals surface area contributed by atoms with Crippen LogP contribution in [-0.4, -0.2) is 30.1 Å². The minimum Gasteiger partial charge on any atom is -0.493 e. The molecule has 3 aromatic rings. The van der Waals surface area contributed by atoms with E-state index in [1.807, 2.05) is 0 Å². The molecule has 0 aliphatic rings. The first-order valence-electron chi connectivity index (χ1n) is 9.89. The van der Waals surface area contributed by atoms with Crippen molar-refractivity contribution in [1.29, 1.82) is 0 Å². The fraction of sp³-hybridized carbons (Fsp3) is 0.174. The number of methoxy groups -OCH3 is 1. The lowest BCUT2D eigenvalue weighted by Crippen LogP contribution is -2.28. The number of alkyl halides is 3. The Balaban J connectivity index is 1.59. The molecule has 0 unspecified atom stereocenters. The molecule has 2 N–H and O–H groups in total. The molecule has 0 radical (unpaired) electrons. The Morgan fingerprint density at radius 1 is 0.912 bits per heavy atom. The molecular formula is C23H20F3N3O5. The lowest BCUT2D eigenvalue weighted by atomic mass is 10.2. The van der Waals surface area contributed by atoms with Crippen LogP contribution in [0.1, 0.15) is 5.56 Å². The predicted octanol–water partition coefficient (Wildman–Crippen LogP) is 3.53. The van der Waals surface area contributed by atoms with Crippen LogP contribution in [0.2, 0.25) is 0 Å². The summed E-state index contributed by atoms with van der Waals surface area (Å²) in [6.45, 7) is -0.915. The lowest BCUT2D eigenvalue weighted by Gasteiger charge is -2.12. The van der Waals surface area contributed by atoms with Gasteiger partial charge in [0, 0.05) is 23.6 Å². The molecule has 178 valence electrons. The molecule has 1 aromatic heterocycles. The number of benzene rings is 2. The third-order valence-corrected chi connectivity index (χ3v) is 4.48. The van der Waals surface area contributed by atoms with E-state index in [0.717, 1.165) is 6.07 Å². The van der Waals surface area contributed by atoms with E-state index in [1.54, 1.807) is 36.4 Å². The Hall–Kier alpha value is -4.28. The van der Waals surface area contributed by atoms with Crippen LogP contribution in [0.15, 0.2) is 71.7 Å². The highest BCUT2D eigenvalue weighted by Crippen LogP contribution is 2.28. The van der Waals surface area contributed by atoms with E-state index in [-0.39, 0.29) is 12.3 Å². The van der Waals surface area contributed by atoms with E-state index >= 15 is 0 Å². The average Bonchev–Trinajstić information content (AvgIpc) is 2.78. The molecule has 2 aromatic carbocycles. The van der Waals surface area contributed by atoms with Crippen molar-refractivity contribution >= 4 is 23.2 Å². The maximum atomic E-state index is 12.9. The van der Waals surface area contributed by atoms with Crippen LogP contribution in [0.5, 0.6) is 11.5 Å². The highest BCUT2D eigenvalue weighted by atomic mass is 19.4. The second-order valence-electron chi connectivity index (χ2n) is 7.00. The molecule has 0 aliphatic heterocycles. The number of hydrogen-bond donors (Lipinski definition) is 2. The molecule has 2 amide bonds. The monoisotopic (exact) mass is 475 g/mol. The van der Waals surface area contributed by atoms with Gasteiger partial charge in [-0.15, -0.1) is 0 Å². The SMILES string of the molecule is COc1ccccc1OCC(=O)Nc1cccc(NC(=O)Cn2cc(C(F)(F)F)ccc2=O)c1. The fourth-order valence-electron chi connectivity index (χ4n) is 2.93. The van der Waals surface area contributed by atoms with Crippen LogP contribution in [0.25, 0.3) is 0 Å². The third-order valence-electron chi connectivity index (χ3n) is 4.48. The van der Waals surface area contributed by atoms with Crippen molar-refractivity contribution in [3.05, 3.63) is 82.8 Å². The van der Waals surface area contributed by atoms with E-state index in [9.17, 15) is 27.6 Å². The first-order valence-corrected chi connectivity index (χ1v) is 9.89. The predicted molar refractivity (Wildman–Crippen MR) is 118 cm³/mol. The van der Waals surface area contributed by atoms with Crippen LogP contribution in [-0.2, 0) is 22.3 Å². The summed E-state index contributed by atoms with van der Waals surface area (Å²) >= 11 is 0. The number of carbonyl (C=O) groups is 2. The smallest absolute Gasteiger partial charge is 0.417 e. The second-order valence-corrected chi connectivity index (χ2v) is 7.00. The minimum atomic E-state index is -4.65. The number of nitrogens with zero attached hydrogens (tertiary/aromatic N) is 1. The van der Waals surface area contributed by atoms with E-state index < -0.39 is 35.7 Å². The van der Waals surface area contributed by atoms with Gasteiger partial charge in [-0.05, 0) is 36.4 Å². The minimum absolute atomic E-state index is 0.272. The Kier molecular flexibility index (Phi) is 7.57. The van der Waals surface area contributed by atoms with E-state index in [4.69, 9.17) is 9.47 Å². The molecule has 3 rings (SSSR count). The number of para-hydroxylation sites is 2. The topological polar surface area (TPSA) is 98.7 Å². The fourth-order valence-corrected chi connectivity index (χ4v) is 2.93. The molecule has 8 nitrogen and oxygen atoms in total. The summed E-state index contributed by atoms with van der Waals surface area (Å²) in [7, 11) is 1.48. The number of nitrogens with one attached hydrogen (secondary N) is 2. The largest absolute Gasteiger partial charge is 0.493 e. The Morgan fingerprint density at radius 3 is 2.21 bits per heavy atom. The van der Waals surface area contributed by atoms with E-state index in [1.165, 1.54) is 19.2 Å². The maximum Gasteiger partial charge on any atom is 0.417 e. The van der Waals surface area contributed by atoms with Gasteiger partial charge in [-0.1, -0.05) is 18.2 Å². The summed E-state index contributed by atoms with van der Waals surface area (Å²) in [6, 6.07) is 14.3. The quantitative estimate of drug-likeness (QED) is 0.520. The molecule has 34 heavy (non-hydrogen) atoms. The van der Waals surface area contributed by atoms with Crippen LogP contribution < -0.4 is 25.7 Å². The Morgan fingerprint density at radius 2 is 1.56 bits per heavy atom.